The third kappa shape index (κ3) is 11.8. The zero-order valence-corrected chi connectivity index (χ0v) is 42.4. The minimum atomic E-state index is -1.08. The number of carbonyl (C=O) groups is 2. The maximum absolute atomic E-state index is 8.89. The summed E-state index contributed by atoms with van der Waals surface area (Å²) in [5, 5.41) is 17.8. The van der Waals surface area contributed by atoms with E-state index in [1.165, 1.54) is 175 Å². The van der Waals surface area contributed by atoms with Crippen LogP contribution in [0, 0.1) is 56.7 Å². The van der Waals surface area contributed by atoms with E-state index in [9.17, 15) is 0 Å². The van der Waals surface area contributed by atoms with Gasteiger partial charge in [-0.05, 0) is 150 Å². The van der Waals surface area contributed by atoms with Gasteiger partial charge in [0, 0.05) is 29.2 Å². The van der Waals surface area contributed by atoms with Crippen LogP contribution in [0.3, 0.4) is 0 Å². The second kappa shape index (κ2) is 21.5. The van der Waals surface area contributed by atoms with Crippen molar-refractivity contribution in [2.24, 2.45) is 56.7 Å². The van der Waals surface area contributed by atoms with E-state index in [4.69, 9.17) is 26.4 Å². The molecule has 0 aliphatic heterocycles. The number of nitrogens with zero attached hydrogens (tertiary/aromatic N) is 2. The molecule has 0 heterocycles. The molecule has 5 aliphatic rings. The Labute approximate surface area is 372 Å². The van der Waals surface area contributed by atoms with Crippen molar-refractivity contribution in [1.29, 1.82) is 0 Å². The van der Waals surface area contributed by atoms with Crippen molar-refractivity contribution in [2.45, 2.75) is 217 Å². The van der Waals surface area contributed by atoms with E-state index in [0.29, 0.717) is 27.1 Å². The fraction of sp³-hybridized carbons (Fsp3) is 0.926. The average Bonchev–Trinajstić information content (AvgIpc) is 3.49. The van der Waals surface area contributed by atoms with Crippen LogP contribution in [0.15, 0.2) is 12.2 Å². The van der Waals surface area contributed by atoms with Crippen molar-refractivity contribution >= 4 is 11.9 Å². The molecule has 0 spiro atoms. The molecule has 6 nitrogen and oxygen atoms in total. The van der Waals surface area contributed by atoms with Crippen molar-refractivity contribution in [3.63, 3.8) is 0 Å². The van der Waals surface area contributed by atoms with Gasteiger partial charge in [0.1, 0.15) is 0 Å². The number of aliphatic carboxylic acids is 2. The molecule has 1 unspecified atom stereocenters. The summed E-state index contributed by atoms with van der Waals surface area (Å²) in [6.45, 7) is 32.0. The van der Waals surface area contributed by atoms with Crippen LogP contribution >= 0.6 is 0 Å². The monoisotopic (exact) mass is 841 g/mol. The van der Waals surface area contributed by atoms with E-state index in [-0.39, 0.29) is 0 Å². The van der Waals surface area contributed by atoms with Gasteiger partial charge in [0.05, 0.1) is 53.9 Å². The number of quaternary nitrogens is 2. The fourth-order valence-corrected chi connectivity index (χ4v) is 16.5. The number of carboxylic acid groups (broad SMARTS) is 2. The summed E-state index contributed by atoms with van der Waals surface area (Å²) in [5.74, 6) is 2.04. The van der Waals surface area contributed by atoms with Crippen LogP contribution in [0.2, 0.25) is 0 Å². The van der Waals surface area contributed by atoms with Crippen molar-refractivity contribution in [3.8, 4) is 0 Å². The number of carboxylic acids is 2. The van der Waals surface area contributed by atoms with Gasteiger partial charge in [-0.1, -0.05) is 112 Å². The van der Waals surface area contributed by atoms with Gasteiger partial charge in [0.15, 0.2) is 0 Å². The van der Waals surface area contributed by atoms with Crippen LogP contribution in [-0.4, -0.2) is 74.8 Å². The normalized spacial score (nSPS) is 35.6. The molecule has 60 heavy (non-hydrogen) atoms. The summed E-state index contributed by atoms with van der Waals surface area (Å²) >= 11 is 0. The van der Waals surface area contributed by atoms with E-state index in [1.807, 2.05) is 0 Å². The lowest BCUT2D eigenvalue weighted by Crippen LogP contribution is -2.69. The molecule has 6 heteroatoms. The zero-order chi connectivity index (χ0) is 45.4. The third-order valence-corrected chi connectivity index (χ3v) is 19.0. The summed E-state index contributed by atoms with van der Waals surface area (Å²) in [4.78, 5) is 17.8. The minimum absolute atomic E-state index is 0.398. The highest BCUT2D eigenvalue weighted by atomic mass is 16.4. The highest BCUT2D eigenvalue weighted by Crippen LogP contribution is 2.78. The second-order valence-corrected chi connectivity index (χ2v) is 24.3. The Balaban J connectivity index is 0.00000110. The lowest BCUT2D eigenvalue weighted by molar-refractivity contribution is -0.925. The van der Waals surface area contributed by atoms with Crippen molar-refractivity contribution in [1.82, 2.24) is 0 Å². The lowest BCUT2D eigenvalue weighted by Gasteiger charge is -2.73. The Bertz CT molecular complexity index is 1370. The topological polar surface area (TPSA) is 80.3 Å². The number of unbranched alkanes of at least 4 members (excludes halogenated alkanes) is 10. The molecule has 5 fully saturated rings. The molecule has 5 rings (SSSR count). The molecule has 10 atom stereocenters. The molecular weight excluding hydrogens is 741 g/mol. The predicted molar refractivity (Wildman–Crippen MR) is 250 cm³/mol. The number of hydrogen-bond acceptors (Lipinski definition) is 4. The van der Waals surface area contributed by atoms with Gasteiger partial charge < -0.3 is 28.8 Å². The van der Waals surface area contributed by atoms with E-state index in [2.05, 4.69) is 83.6 Å². The van der Waals surface area contributed by atoms with Gasteiger partial charge in [-0.3, -0.25) is 0 Å². The van der Waals surface area contributed by atoms with Gasteiger partial charge in [-0.15, -0.1) is 0 Å². The number of rotatable bonds is 18. The molecule has 0 aromatic rings. The van der Waals surface area contributed by atoms with Crippen LogP contribution < -0.4 is 10.2 Å². The maximum atomic E-state index is 8.89. The molecule has 0 N–H and O–H groups in total. The van der Waals surface area contributed by atoms with Crippen molar-refractivity contribution in [3.05, 3.63) is 12.2 Å². The first-order valence-electron chi connectivity index (χ1n) is 25.5. The van der Waals surface area contributed by atoms with Gasteiger partial charge >= 0.3 is 0 Å². The minimum Gasteiger partial charge on any atom is -0.550 e. The fourth-order valence-electron chi connectivity index (χ4n) is 16.5. The summed E-state index contributed by atoms with van der Waals surface area (Å²) in [6, 6.07) is 0.792. The van der Waals surface area contributed by atoms with Crippen LogP contribution in [0.4, 0.5) is 0 Å². The molecule has 0 radical (unpaired) electrons. The van der Waals surface area contributed by atoms with E-state index in [1.54, 1.807) is 0 Å². The first-order chi connectivity index (χ1) is 27.8. The number of carbonyl (C=O) groups excluding carboxylic acids is 2. The predicted octanol–water partition coefficient (Wildman–Crippen LogP) is 11.4. The summed E-state index contributed by atoms with van der Waals surface area (Å²) in [5.41, 5.74) is 3.83. The van der Waals surface area contributed by atoms with E-state index < -0.39 is 11.9 Å². The Morgan fingerprint density at radius 3 is 1.65 bits per heavy atom. The van der Waals surface area contributed by atoms with E-state index in [0.717, 1.165) is 49.5 Å². The largest absolute Gasteiger partial charge is 0.550 e. The molecule has 350 valence electrons. The van der Waals surface area contributed by atoms with Crippen LogP contribution in [0.25, 0.3) is 0 Å². The standard InChI is InChI=1S/C50H94N2.2C2H4O2/c1-14-16-18-20-22-24-36-51(10,11)38-50-33-28-40(39(3)4)45(50)41-26-27-43-47(7)31-30-44(52(12,13)37-25-23-21-19-17-15-2)46(5,6)42(47)29-32-49(43,9)48(41,8)34-35-50;2*1-2(3)4/h40-45H,3,14-38H2,1-2,4-13H3;2*1H3,(H,3,4)/q+2;;/p-2/t40-,41+,42-,43+,44?,45+,47-,48+,49+,50+;;/m0../s1. The average molecular weight is 841 g/mol. The summed E-state index contributed by atoms with van der Waals surface area (Å²) in [7, 11) is 10.4. The Morgan fingerprint density at radius 1 is 0.600 bits per heavy atom. The smallest absolute Gasteiger partial charge is 0.0940 e. The molecule has 0 aromatic carbocycles. The van der Waals surface area contributed by atoms with Crippen LogP contribution in [-0.2, 0) is 9.59 Å². The first kappa shape index (κ1) is 52.9. The first-order valence-corrected chi connectivity index (χ1v) is 25.5. The van der Waals surface area contributed by atoms with Gasteiger partial charge in [0.2, 0.25) is 0 Å². The number of allylic oxidation sites excluding steroid dienone is 1. The van der Waals surface area contributed by atoms with Gasteiger partial charge in [-0.2, -0.15) is 0 Å². The highest BCUT2D eigenvalue weighted by molar-refractivity contribution is 5.60. The molecule has 0 aromatic heterocycles. The maximum Gasteiger partial charge on any atom is 0.0940 e. The zero-order valence-electron chi connectivity index (χ0n) is 42.4. The van der Waals surface area contributed by atoms with Gasteiger partial charge in [-0.25, -0.2) is 0 Å². The molecular formula is C54H100N2O4. The highest BCUT2D eigenvalue weighted by Gasteiger charge is 2.72. The molecule has 0 amide bonds. The molecule has 5 aliphatic carbocycles. The quantitative estimate of drug-likeness (QED) is 0.0782. The molecule has 0 saturated heterocycles. The second-order valence-electron chi connectivity index (χ2n) is 24.3. The SMILES string of the molecule is C=C(C)[C@@H]1CC[C@]2(C[N+](C)(C)CCCCCCCC)CC[C@]3(C)[C@H](CC[C@@H]4[C@@]5(C)CCC([N+](C)(C)CCCCCCCC)C(C)(C)[C@@H]5CC[C@]43C)[C@@H]12.CC(=O)[O-].CC(=O)[O-]. The Hall–Kier alpha value is -1.40. The van der Waals surface area contributed by atoms with Gasteiger partial charge in [0.25, 0.3) is 0 Å². The Kier molecular flexibility index (Phi) is 19.0. The summed E-state index contributed by atoms with van der Waals surface area (Å²) in [6.07, 6.45) is 31.6. The van der Waals surface area contributed by atoms with Crippen LogP contribution in [0.5, 0.6) is 0 Å². The summed E-state index contributed by atoms with van der Waals surface area (Å²) < 4.78 is 2.48. The number of fused-ring (bicyclic) bond motifs is 7. The van der Waals surface area contributed by atoms with E-state index >= 15 is 0 Å². The Morgan fingerprint density at radius 2 is 1.12 bits per heavy atom. The van der Waals surface area contributed by atoms with Crippen LogP contribution in [0.1, 0.15) is 210 Å². The van der Waals surface area contributed by atoms with Crippen molar-refractivity contribution < 1.29 is 28.8 Å². The molecule has 5 saturated carbocycles. The lowest BCUT2D eigenvalue weighted by atomic mass is 9.32. The number of hydrogen-bond donors (Lipinski definition) is 0. The van der Waals surface area contributed by atoms with Crippen molar-refractivity contribution in [2.75, 3.05) is 47.8 Å². The molecule has 0 bridgehead atoms. The third-order valence-electron chi connectivity index (χ3n) is 19.0.